The van der Waals surface area contributed by atoms with Crippen molar-refractivity contribution < 1.29 is 14.6 Å². The third-order valence-corrected chi connectivity index (χ3v) is 3.60. The SMILES string of the molecule is CCOC(=O)c1cc(N)cnc1N1CCC(C)C(O)C1. The third kappa shape index (κ3) is 3.01. The van der Waals surface area contributed by atoms with Gasteiger partial charge in [0, 0.05) is 13.1 Å². The lowest BCUT2D eigenvalue weighted by Crippen LogP contribution is -2.43. The van der Waals surface area contributed by atoms with Crippen LogP contribution in [0.3, 0.4) is 0 Å². The number of nitrogen functional groups attached to an aromatic ring is 1. The van der Waals surface area contributed by atoms with E-state index in [0.717, 1.165) is 13.0 Å². The van der Waals surface area contributed by atoms with Crippen LogP contribution in [0.25, 0.3) is 0 Å². The summed E-state index contributed by atoms with van der Waals surface area (Å²) in [6.07, 6.45) is 1.95. The maximum Gasteiger partial charge on any atom is 0.341 e. The predicted octanol–water partition coefficient (Wildman–Crippen LogP) is 1.05. The molecule has 0 radical (unpaired) electrons. The minimum atomic E-state index is -0.435. The molecule has 0 aromatic carbocycles. The number of hydrogen-bond donors (Lipinski definition) is 2. The van der Waals surface area contributed by atoms with E-state index in [4.69, 9.17) is 10.5 Å². The zero-order valence-electron chi connectivity index (χ0n) is 11.9. The van der Waals surface area contributed by atoms with Gasteiger partial charge in [0.25, 0.3) is 0 Å². The van der Waals surface area contributed by atoms with Gasteiger partial charge in [0.1, 0.15) is 11.4 Å². The van der Waals surface area contributed by atoms with Crippen molar-refractivity contribution in [1.82, 2.24) is 4.98 Å². The van der Waals surface area contributed by atoms with E-state index < -0.39 is 12.1 Å². The van der Waals surface area contributed by atoms with E-state index in [1.165, 1.54) is 6.20 Å². The van der Waals surface area contributed by atoms with Crippen LogP contribution < -0.4 is 10.6 Å². The van der Waals surface area contributed by atoms with Crippen molar-refractivity contribution in [2.45, 2.75) is 26.4 Å². The summed E-state index contributed by atoms with van der Waals surface area (Å²) in [6, 6.07) is 1.57. The number of β-amino-alcohol motifs (C(OH)–C–C–N with tert-alkyl or cyclic N) is 1. The molecule has 2 rings (SSSR count). The number of hydrogen-bond acceptors (Lipinski definition) is 6. The molecule has 1 saturated heterocycles. The quantitative estimate of drug-likeness (QED) is 0.804. The number of nitrogens with zero attached hydrogens (tertiary/aromatic N) is 2. The monoisotopic (exact) mass is 279 g/mol. The summed E-state index contributed by atoms with van der Waals surface area (Å²) in [5.74, 6) is 0.352. The molecule has 0 aliphatic carbocycles. The summed E-state index contributed by atoms with van der Waals surface area (Å²) in [6.45, 7) is 5.28. The molecule has 2 unspecified atom stereocenters. The molecule has 0 amide bonds. The molecule has 0 saturated carbocycles. The molecule has 1 aliphatic rings. The van der Waals surface area contributed by atoms with E-state index in [1.54, 1.807) is 13.0 Å². The lowest BCUT2D eigenvalue weighted by Gasteiger charge is -2.35. The molecule has 1 aromatic heterocycles. The fourth-order valence-electron chi connectivity index (χ4n) is 2.33. The first-order chi connectivity index (χ1) is 9.52. The smallest absolute Gasteiger partial charge is 0.341 e. The van der Waals surface area contributed by atoms with Crippen LogP contribution in [0.5, 0.6) is 0 Å². The van der Waals surface area contributed by atoms with Gasteiger partial charge in [-0.1, -0.05) is 6.92 Å². The van der Waals surface area contributed by atoms with Crippen molar-refractivity contribution >= 4 is 17.5 Å². The largest absolute Gasteiger partial charge is 0.462 e. The molecule has 1 fully saturated rings. The number of rotatable bonds is 3. The molecule has 2 atom stereocenters. The van der Waals surface area contributed by atoms with Gasteiger partial charge in [0.15, 0.2) is 0 Å². The van der Waals surface area contributed by atoms with Crippen molar-refractivity contribution in [3.8, 4) is 0 Å². The Morgan fingerprint density at radius 2 is 2.40 bits per heavy atom. The maximum atomic E-state index is 12.0. The van der Waals surface area contributed by atoms with Crippen molar-refractivity contribution in [3.63, 3.8) is 0 Å². The average Bonchev–Trinajstić information content (AvgIpc) is 2.42. The summed E-state index contributed by atoms with van der Waals surface area (Å²) >= 11 is 0. The fraction of sp³-hybridized carbons (Fsp3) is 0.571. The first-order valence-electron chi connectivity index (χ1n) is 6.88. The highest BCUT2D eigenvalue weighted by atomic mass is 16.5. The van der Waals surface area contributed by atoms with E-state index in [-0.39, 0.29) is 5.92 Å². The van der Waals surface area contributed by atoms with Gasteiger partial charge < -0.3 is 20.5 Å². The van der Waals surface area contributed by atoms with E-state index in [1.807, 2.05) is 11.8 Å². The highest BCUT2D eigenvalue weighted by molar-refractivity contribution is 5.95. The highest BCUT2D eigenvalue weighted by Gasteiger charge is 2.28. The van der Waals surface area contributed by atoms with Gasteiger partial charge in [0.05, 0.1) is 24.6 Å². The Morgan fingerprint density at radius 1 is 1.65 bits per heavy atom. The second-order valence-corrected chi connectivity index (χ2v) is 5.14. The number of aliphatic hydroxyl groups is 1. The number of piperidine rings is 1. The molecular weight excluding hydrogens is 258 g/mol. The molecular formula is C14H21N3O3. The number of nitrogens with two attached hydrogens (primary N) is 1. The van der Waals surface area contributed by atoms with Crippen LogP contribution >= 0.6 is 0 Å². The summed E-state index contributed by atoms with van der Waals surface area (Å²) in [5.41, 5.74) is 6.48. The second kappa shape index (κ2) is 6.09. The van der Waals surface area contributed by atoms with Crippen molar-refractivity contribution in [2.75, 3.05) is 30.3 Å². The number of pyridine rings is 1. The summed E-state index contributed by atoms with van der Waals surface area (Å²) < 4.78 is 5.04. The van der Waals surface area contributed by atoms with Crippen LogP contribution in [0.4, 0.5) is 11.5 Å². The molecule has 6 heteroatoms. The van der Waals surface area contributed by atoms with Gasteiger partial charge in [0.2, 0.25) is 0 Å². The van der Waals surface area contributed by atoms with Gasteiger partial charge in [-0.2, -0.15) is 0 Å². The Balaban J connectivity index is 2.29. The number of carbonyl (C=O) groups is 1. The lowest BCUT2D eigenvalue weighted by molar-refractivity contribution is 0.0525. The minimum absolute atomic E-state index is 0.256. The highest BCUT2D eigenvalue weighted by Crippen LogP contribution is 2.26. The molecule has 6 nitrogen and oxygen atoms in total. The molecule has 3 N–H and O–H groups in total. The van der Waals surface area contributed by atoms with Crippen LogP contribution in [0.15, 0.2) is 12.3 Å². The molecule has 1 aromatic rings. The van der Waals surface area contributed by atoms with E-state index >= 15 is 0 Å². The molecule has 1 aliphatic heterocycles. The number of ether oxygens (including phenoxy) is 1. The first kappa shape index (κ1) is 14.6. The zero-order valence-corrected chi connectivity index (χ0v) is 11.9. The third-order valence-electron chi connectivity index (χ3n) is 3.60. The summed E-state index contributed by atoms with van der Waals surface area (Å²) in [4.78, 5) is 18.2. The Kier molecular flexibility index (Phi) is 4.44. The van der Waals surface area contributed by atoms with Gasteiger partial charge in [-0.15, -0.1) is 0 Å². The number of aromatic nitrogens is 1. The minimum Gasteiger partial charge on any atom is -0.462 e. The number of anilines is 2. The van der Waals surface area contributed by atoms with Gasteiger partial charge in [-0.3, -0.25) is 0 Å². The molecule has 0 bridgehead atoms. The van der Waals surface area contributed by atoms with E-state index in [9.17, 15) is 9.90 Å². The zero-order chi connectivity index (χ0) is 14.7. The van der Waals surface area contributed by atoms with Gasteiger partial charge in [-0.05, 0) is 25.3 Å². The van der Waals surface area contributed by atoms with Gasteiger partial charge in [-0.25, -0.2) is 9.78 Å². The molecule has 20 heavy (non-hydrogen) atoms. The topological polar surface area (TPSA) is 88.7 Å². The van der Waals surface area contributed by atoms with Crippen molar-refractivity contribution in [1.29, 1.82) is 0 Å². The number of aliphatic hydroxyl groups excluding tert-OH is 1. The van der Waals surface area contributed by atoms with Crippen LogP contribution in [0, 0.1) is 5.92 Å². The first-order valence-corrected chi connectivity index (χ1v) is 6.88. The predicted molar refractivity (Wildman–Crippen MR) is 76.6 cm³/mol. The van der Waals surface area contributed by atoms with Gasteiger partial charge >= 0.3 is 5.97 Å². The maximum absolute atomic E-state index is 12.0. The summed E-state index contributed by atoms with van der Waals surface area (Å²) in [7, 11) is 0. The van der Waals surface area contributed by atoms with E-state index in [2.05, 4.69) is 4.98 Å². The Morgan fingerprint density at radius 3 is 3.05 bits per heavy atom. The average molecular weight is 279 g/mol. The normalized spacial score (nSPS) is 22.6. The van der Waals surface area contributed by atoms with Crippen LogP contribution in [0.1, 0.15) is 30.6 Å². The molecule has 110 valence electrons. The van der Waals surface area contributed by atoms with E-state index in [0.29, 0.717) is 30.2 Å². The van der Waals surface area contributed by atoms with Crippen molar-refractivity contribution in [2.24, 2.45) is 5.92 Å². The number of carbonyl (C=O) groups excluding carboxylic acids is 1. The Hall–Kier alpha value is -1.82. The molecule has 0 spiro atoms. The number of esters is 1. The summed E-state index contributed by atoms with van der Waals surface area (Å²) in [5, 5.41) is 9.99. The van der Waals surface area contributed by atoms with Crippen LogP contribution in [0.2, 0.25) is 0 Å². The second-order valence-electron chi connectivity index (χ2n) is 5.14. The Bertz CT molecular complexity index is 493. The standard InChI is InChI=1S/C14H21N3O3/c1-3-20-14(19)11-6-10(15)7-16-13(11)17-5-4-9(2)12(18)8-17/h6-7,9,12,18H,3-5,8,15H2,1-2H3. The Labute approximate surface area is 118 Å². The van der Waals surface area contributed by atoms with Crippen molar-refractivity contribution in [3.05, 3.63) is 17.8 Å². The fourth-order valence-corrected chi connectivity index (χ4v) is 2.33. The van der Waals surface area contributed by atoms with Crippen LogP contribution in [-0.4, -0.2) is 41.9 Å². The van der Waals surface area contributed by atoms with Crippen LogP contribution in [-0.2, 0) is 4.74 Å². The molecule has 2 heterocycles. The lowest BCUT2D eigenvalue weighted by atomic mass is 9.96.